The van der Waals surface area contributed by atoms with Gasteiger partial charge in [-0.25, -0.2) is 4.39 Å². The van der Waals surface area contributed by atoms with Crippen molar-refractivity contribution in [1.82, 2.24) is 5.32 Å². The first-order valence-corrected chi connectivity index (χ1v) is 6.28. The predicted octanol–water partition coefficient (Wildman–Crippen LogP) is 2.65. The fraction of sp³-hybridized carbons (Fsp3) is 0.538. The topological polar surface area (TPSA) is 21.3 Å². The van der Waals surface area contributed by atoms with E-state index in [1.807, 2.05) is 7.05 Å². The highest BCUT2D eigenvalue weighted by molar-refractivity contribution is 6.31. The Kier molecular flexibility index (Phi) is 4.37. The smallest absolute Gasteiger partial charge is 0.127 e. The van der Waals surface area contributed by atoms with E-state index in [1.165, 1.54) is 6.07 Å². The summed E-state index contributed by atoms with van der Waals surface area (Å²) in [6.45, 7) is 1.43. The SMILES string of the molecule is CN[C@@H]1CCOC[C@@H]1Cc1c(F)cccc1Cl. The largest absolute Gasteiger partial charge is 0.381 e. The van der Waals surface area contributed by atoms with E-state index in [0.717, 1.165) is 13.0 Å². The Morgan fingerprint density at radius 1 is 1.53 bits per heavy atom. The first kappa shape index (κ1) is 12.8. The van der Waals surface area contributed by atoms with Crippen LogP contribution in [0.4, 0.5) is 4.39 Å². The molecule has 4 heteroatoms. The number of hydrogen-bond acceptors (Lipinski definition) is 2. The Morgan fingerprint density at radius 3 is 3.06 bits per heavy atom. The van der Waals surface area contributed by atoms with Crippen molar-refractivity contribution in [2.45, 2.75) is 18.9 Å². The van der Waals surface area contributed by atoms with Crippen molar-refractivity contribution in [2.75, 3.05) is 20.3 Å². The predicted molar refractivity (Wildman–Crippen MR) is 66.9 cm³/mol. The van der Waals surface area contributed by atoms with E-state index in [9.17, 15) is 4.39 Å². The first-order valence-electron chi connectivity index (χ1n) is 5.90. The summed E-state index contributed by atoms with van der Waals surface area (Å²) in [6, 6.07) is 5.20. The second-order valence-corrected chi connectivity index (χ2v) is 4.83. The Labute approximate surface area is 106 Å². The summed E-state index contributed by atoms with van der Waals surface area (Å²) in [7, 11) is 1.94. The first-order chi connectivity index (χ1) is 8.22. The third kappa shape index (κ3) is 2.97. The molecular formula is C13H17ClFNO. The zero-order chi connectivity index (χ0) is 12.3. The molecule has 0 bridgehead atoms. The van der Waals surface area contributed by atoms with Gasteiger partial charge in [-0.05, 0) is 32.0 Å². The van der Waals surface area contributed by atoms with Gasteiger partial charge in [0, 0.05) is 29.2 Å². The highest BCUT2D eigenvalue weighted by atomic mass is 35.5. The van der Waals surface area contributed by atoms with Crippen LogP contribution in [0.5, 0.6) is 0 Å². The maximum absolute atomic E-state index is 13.7. The van der Waals surface area contributed by atoms with Crippen LogP contribution in [0.3, 0.4) is 0 Å². The quantitative estimate of drug-likeness (QED) is 0.899. The lowest BCUT2D eigenvalue weighted by molar-refractivity contribution is 0.0339. The molecule has 1 aromatic rings. The Morgan fingerprint density at radius 2 is 2.35 bits per heavy atom. The van der Waals surface area contributed by atoms with Crippen LogP contribution in [0.2, 0.25) is 5.02 Å². The zero-order valence-corrected chi connectivity index (χ0v) is 10.6. The Balaban J connectivity index is 2.13. The van der Waals surface area contributed by atoms with Crippen LogP contribution in [-0.2, 0) is 11.2 Å². The summed E-state index contributed by atoms with van der Waals surface area (Å²) >= 11 is 6.04. The number of halogens is 2. The molecule has 1 heterocycles. The molecule has 1 aliphatic heterocycles. The summed E-state index contributed by atoms with van der Waals surface area (Å²) in [4.78, 5) is 0. The minimum Gasteiger partial charge on any atom is -0.381 e. The van der Waals surface area contributed by atoms with Gasteiger partial charge in [-0.3, -0.25) is 0 Å². The minimum atomic E-state index is -0.224. The molecule has 1 aliphatic rings. The van der Waals surface area contributed by atoms with Crippen LogP contribution in [0.1, 0.15) is 12.0 Å². The number of ether oxygens (including phenoxy) is 1. The molecule has 2 nitrogen and oxygen atoms in total. The van der Waals surface area contributed by atoms with Crippen molar-refractivity contribution < 1.29 is 9.13 Å². The van der Waals surface area contributed by atoms with E-state index in [0.29, 0.717) is 29.7 Å². The summed E-state index contributed by atoms with van der Waals surface area (Å²) in [5, 5.41) is 3.77. The van der Waals surface area contributed by atoms with Crippen molar-refractivity contribution in [3.63, 3.8) is 0 Å². The lowest BCUT2D eigenvalue weighted by atomic mass is 9.89. The molecule has 0 saturated carbocycles. The van der Waals surface area contributed by atoms with Crippen LogP contribution in [-0.4, -0.2) is 26.3 Å². The number of nitrogens with one attached hydrogen (secondary N) is 1. The van der Waals surface area contributed by atoms with Gasteiger partial charge in [0.15, 0.2) is 0 Å². The zero-order valence-electron chi connectivity index (χ0n) is 9.88. The Bertz CT molecular complexity index is 365. The van der Waals surface area contributed by atoms with Crippen molar-refractivity contribution >= 4 is 11.6 Å². The van der Waals surface area contributed by atoms with Gasteiger partial charge in [0.1, 0.15) is 5.82 Å². The molecule has 17 heavy (non-hydrogen) atoms. The molecule has 1 N–H and O–H groups in total. The van der Waals surface area contributed by atoms with Gasteiger partial charge in [-0.1, -0.05) is 17.7 Å². The maximum Gasteiger partial charge on any atom is 0.127 e. The second-order valence-electron chi connectivity index (χ2n) is 4.42. The highest BCUT2D eigenvalue weighted by Crippen LogP contribution is 2.26. The Hall–Kier alpha value is -0.640. The van der Waals surface area contributed by atoms with E-state index in [1.54, 1.807) is 12.1 Å². The minimum absolute atomic E-state index is 0.224. The summed E-state index contributed by atoms with van der Waals surface area (Å²) in [6.07, 6.45) is 1.59. The van der Waals surface area contributed by atoms with E-state index in [-0.39, 0.29) is 11.7 Å². The molecule has 0 amide bonds. The fourth-order valence-corrected chi connectivity index (χ4v) is 2.61. The van der Waals surface area contributed by atoms with Crippen molar-refractivity contribution in [3.8, 4) is 0 Å². The standard InChI is InChI=1S/C13H17ClFNO/c1-16-13-5-6-17-8-9(13)7-10-11(14)3-2-4-12(10)15/h2-4,9,13,16H,5-8H2,1H3/t9-,13+/m0/s1. The molecule has 0 spiro atoms. The van der Waals surface area contributed by atoms with Crippen molar-refractivity contribution in [2.24, 2.45) is 5.92 Å². The molecule has 0 radical (unpaired) electrons. The van der Waals surface area contributed by atoms with Gasteiger partial charge >= 0.3 is 0 Å². The van der Waals surface area contributed by atoms with Gasteiger partial charge in [0.25, 0.3) is 0 Å². The van der Waals surface area contributed by atoms with Crippen molar-refractivity contribution in [3.05, 3.63) is 34.6 Å². The summed E-state index contributed by atoms with van der Waals surface area (Å²) < 4.78 is 19.2. The van der Waals surface area contributed by atoms with Gasteiger partial charge in [-0.2, -0.15) is 0 Å². The van der Waals surface area contributed by atoms with E-state index in [2.05, 4.69) is 5.32 Å². The molecule has 1 saturated heterocycles. The molecular weight excluding hydrogens is 241 g/mol. The van der Waals surface area contributed by atoms with E-state index < -0.39 is 0 Å². The molecule has 0 aliphatic carbocycles. The molecule has 2 atom stereocenters. The summed E-state index contributed by atoms with van der Waals surface area (Å²) in [5.74, 6) is 0.0566. The number of benzene rings is 1. The third-order valence-corrected chi connectivity index (χ3v) is 3.73. The van der Waals surface area contributed by atoms with E-state index >= 15 is 0 Å². The molecule has 0 aromatic heterocycles. The average Bonchev–Trinajstić information content (AvgIpc) is 2.34. The van der Waals surface area contributed by atoms with Gasteiger partial charge in [0.2, 0.25) is 0 Å². The molecule has 1 aromatic carbocycles. The normalized spacial score (nSPS) is 24.9. The molecule has 0 unspecified atom stereocenters. The molecule has 2 rings (SSSR count). The van der Waals surface area contributed by atoms with Gasteiger partial charge in [-0.15, -0.1) is 0 Å². The van der Waals surface area contributed by atoms with Crippen LogP contribution >= 0.6 is 11.6 Å². The second kappa shape index (κ2) is 5.80. The average molecular weight is 258 g/mol. The fourth-order valence-electron chi connectivity index (χ4n) is 2.37. The van der Waals surface area contributed by atoms with Crippen LogP contribution in [0.15, 0.2) is 18.2 Å². The number of hydrogen-bond donors (Lipinski definition) is 1. The maximum atomic E-state index is 13.7. The highest BCUT2D eigenvalue weighted by Gasteiger charge is 2.26. The summed E-state index contributed by atoms with van der Waals surface area (Å²) in [5.41, 5.74) is 0.602. The lowest BCUT2D eigenvalue weighted by Crippen LogP contribution is -2.42. The van der Waals surface area contributed by atoms with Gasteiger partial charge < -0.3 is 10.1 Å². The van der Waals surface area contributed by atoms with Crippen LogP contribution in [0, 0.1) is 11.7 Å². The lowest BCUT2D eigenvalue weighted by Gasteiger charge is -2.31. The van der Waals surface area contributed by atoms with Crippen LogP contribution in [0.25, 0.3) is 0 Å². The van der Waals surface area contributed by atoms with Gasteiger partial charge in [0.05, 0.1) is 6.61 Å². The monoisotopic (exact) mass is 257 g/mol. The van der Waals surface area contributed by atoms with E-state index in [4.69, 9.17) is 16.3 Å². The van der Waals surface area contributed by atoms with Crippen LogP contribution < -0.4 is 5.32 Å². The molecule has 94 valence electrons. The number of rotatable bonds is 3. The third-order valence-electron chi connectivity index (χ3n) is 3.37. The van der Waals surface area contributed by atoms with Crippen molar-refractivity contribution in [1.29, 1.82) is 0 Å². The molecule has 1 fully saturated rings.